The minimum atomic E-state index is 0.823. The Balaban J connectivity index is 2.14. The number of thioether (sulfide) groups is 1. The van der Waals surface area contributed by atoms with Crippen LogP contribution in [0.15, 0.2) is 27.7 Å². The van der Waals surface area contributed by atoms with E-state index in [1.807, 2.05) is 18.2 Å². The molecule has 3 nitrogen and oxygen atoms in total. The highest BCUT2D eigenvalue weighted by Gasteiger charge is 2.08. The van der Waals surface area contributed by atoms with Gasteiger partial charge in [0.05, 0.1) is 18.1 Å². The zero-order valence-corrected chi connectivity index (χ0v) is 10.7. The van der Waals surface area contributed by atoms with Crippen molar-refractivity contribution in [3.63, 3.8) is 0 Å². The molecule has 0 unspecified atom stereocenters. The number of aliphatic imine (C=N–C) groups is 1. The summed E-state index contributed by atoms with van der Waals surface area (Å²) in [6.45, 7) is 0.903. The summed E-state index contributed by atoms with van der Waals surface area (Å²) in [4.78, 5) is 4.32. The lowest BCUT2D eigenvalue weighted by molar-refractivity contribution is 0.412. The number of anilines is 1. The average Bonchev–Trinajstić information content (AvgIpc) is 2.73. The largest absolute Gasteiger partial charge is 0.495 e. The average molecular weight is 287 g/mol. The van der Waals surface area contributed by atoms with E-state index in [4.69, 9.17) is 4.74 Å². The molecule has 0 radical (unpaired) electrons. The molecule has 2 rings (SSSR count). The summed E-state index contributed by atoms with van der Waals surface area (Å²) in [5, 5.41) is 4.24. The van der Waals surface area contributed by atoms with Crippen molar-refractivity contribution in [2.75, 3.05) is 24.7 Å². The smallest absolute Gasteiger partial charge is 0.161 e. The Bertz CT molecular complexity index is 395. The van der Waals surface area contributed by atoms with E-state index in [0.717, 1.165) is 33.4 Å². The first kappa shape index (κ1) is 10.8. The Hall–Kier alpha value is -0.680. The van der Waals surface area contributed by atoms with Gasteiger partial charge in [0.25, 0.3) is 0 Å². The lowest BCUT2D eigenvalue weighted by Gasteiger charge is -2.08. The van der Waals surface area contributed by atoms with Gasteiger partial charge in [-0.25, -0.2) is 0 Å². The summed E-state index contributed by atoms with van der Waals surface area (Å²) in [6, 6.07) is 5.90. The Morgan fingerprint density at radius 2 is 2.40 bits per heavy atom. The van der Waals surface area contributed by atoms with Gasteiger partial charge in [-0.15, -0.1) is 0 Å². The van der Waals surface area contributed by atoms with E-state index in [2.05, 4.69) is 26.2 Å². The van der Waals surface area contributed by atoms with Gasteiger partial charge in [0, 0.05) is 17.5 Å². The summed E-state index contributed by atoms with van der Waals surface area (Å²) in [5.41, 5.74) is 1.00. The maximum absolute atomic E-state index is 5.22. The fourth-order valence-corrected chi connectivity index (χ4v) is 2.43. The fraction of sp³-hybridized carbons (Fsp3) is 0.300. The van der Waals surface area contributed by atoms with E-state index < -0.39 is 0 Å². The number of hydrogen-bond acceptors (Lipinski definition) is 4. The minimum absolute atomic E-state index is 0.823. The van der Waals surface area contributed by atoms with Crippen molar-refractivity contribution in [1.82, 2.24) is 0 Å². The van der Waals surface area contributed by atoms with Crippen LogP contribution in [0.2, 0.25) is 0 Å². The maximum atomic E-state index is 5.22. The highest BCUT2D eigenvalue weighted by molar-refractivity contribution is 9.10. The number of methoxy groups -OCH3 is 1. The predicted octanol–water partition coefficient (Wildman–Crippen LogP) is 2.97. The zero-order chi connectivity index (χ0) is 10.7. The van der Waals surface area contributed by atoms with Gasteiger partial charge >= 0.3 is 0 Å². The van der Waals surface area contributed by atoms with Crippen molar-refractivity contribution in [3.8, 4) is 5.75 Å². The van der Waals surface area contributed by atoms with Crippen molar-refractivity contribution in [3.05, 3.63) is 22.7 Å². The predicted molar refractivity (Wildman–Crippen MR) is 69.1 cm³/mol. The third kappa shape index (κ3) is 2.66. The number of hydrogen-bond donors (Lipinski definition) is 1. The molecule has 0 fully saturated rings. The van der Waals surface area contributed by atoms with Crippen LogP contribution in [0.5, 0.6) is 5.75 Å². The van der Waals surface area contributed by atoms with Gasteiger partial charge in [0.2, 0.25) is 0 Å². The Labute approximate surface area is 101 Å². The van der Waals surface area contributed by atoms with Crippen molar-refractivity contribution in [1.29, 1.82) is 0 Å². The molecule has 0 amide bonds. The molecule has 80 valence electrons. The van der Waals surface area contributed by atoms with Crippen LogP contribution in [-0.2, 0) is 0 Å². The van der Waals surface area contributed by atoms with Crippen LogP contribution in [-0.4, -0.2) is 24.6 Å². The maximum Gasteiger partial charge on any atom is 0.161 e. The topological polar surface area (TPSA) is 33.6 Å². The first-order valence-corrected chi connectivity index (χ1v) is 6.35. The third-order valence-corrected chi connectivity index (χ3v) is 3.53. The van der Waals surface area contributed by atoms with Crippen LogP contribution in [0.25, 0.3) is 0 Å². The summed E-state index contributed by atoms with van der Waals surface area (Å²) < 4.78 is 6.17. The second-order valence-electron chi connectivity index (χ2n) is 3.01. The standard InChI is InChI=1S/C10H11BrN2OS/c1-14-9-6-7(2-3-8(9)11)13-10-12-4-5-15-10/h2-3,6H,4-5H2,1H3,(H,12,13). The van der Waals surface area contributed by atoms with Gasteiger partial charge in [-0.2, -0.15) is 0 Å². The molecule has 0 saturated carbocycles. The van der Waals surface area contributed by atoms with Crippen LogP contribution < -0.4 is 10.1 Å². The molecular weight excluding hydrogens is 276 g/mol. The van der Waals surface area contributed by atoms with Gasteiger partial charge in [-0.3, -0.25) is 4.99 Å². The van der Waals surface area contributed by atoms with Crippen LogP contribution in [0.3, 0.4) is 0 Å². The first-order valence-electron chi connectivity index (χ1n) is 4.57. The number of nitrogens with one attached hydrogen (secondary N) is 1. The SMILES string of the molecule is COc1cc(NC2=NCCS2)ccc1Br. The highest BCUT2D eigenvalue weighted by atomic mass is 79.9. The molecular formula is C10H11BrN2OS. The van der Waals surface area contributed by atoms with Gasteiger partial charge < -0.3 is 10.1 Å². The molecule has 1 heterocycles. The number of halogens is 1. The van der Waals surface area contributed by atoms with Crippen LogP contribution in [0, 0.1) is 0 Å². The molecule has 0 spiro atoms. The fourth-order valence-electron chi connectivity index (χ4n) is 1.27. The van der Waals surface area contributed by atoms with Gasteiger partial charge in [-0.05, 0) is 28.1 Å². The summed E-state index contributed by atoms with van der Waals surface area (Å²) in [6.07, 6.45) is 0. The molecule has 1 aliphatic heterocycles. The Kier molecular flexibility index (Phi) is 3.53. The quantitative estimate of drug-likeness (QED) is 0.908. The zero-order valence-electron chi connectivity index (χ0n) is 8.29. The highest BCUT2D eigenvalue weighted by Crippen LogP contribution is 2.28. The van der Waals surface area contributed by atoms with E-state index in [-0.39, 0.29) is 0 Å². The van der Waals surface area contributed by atoms with Crippen LogP contribution >= 0.6 is 27.7 Å². The molecule has 1 aromatic rings. The third-order valence-electron chi connectivity index (χ3n) is 1.99. The lowest BCUT2D eigenvalue weighted by Crippen LogP contribution is -2.04. The second kappa shape index (κ2) is 4.90. The molecule has 1 aliphatic rings. The van der Waals surface area contributed by atoms with E-state index in [1.54, 1.807) is 18.9 Å². The normalized spacial score (nSPS) is 14.9. The van der Waals surface area contributed by atoms with Crippen LogP contribution in [0.4, 0.5) is 5.69 Å². The van der Waals surface area contributed by atoms with E-state index in [0.29, 0.717) is 0 Å². The Morgan fingerprint density at radius 3 is 3.07 bits per heavy atom. The molecule has 0 bridgehead atoms. The van der Waals surface area contributed by atoms with E-state index >= 15 is 0 Å². The van der Waals surface area contributed by atoms with Crippen LogP contribution in [0.1, 0.15) is 0 Å². The summed E-state index contributed by atoms with van der Waals surface area (Å²) in [7, 11) is 1.66. The number of rotatable bonds is 2. The Morgan fingerprint density at radius 1 is 1.53 bits per heavy atom. The lowest BCUT2D eigenvalue weighted by atomic mass is 10.3. The van der Waals surface area contributed by atoms with Gasteiger partial charge in [-0.1, -0.05) is 11.8 Å². The summed E-state index contributed by atoms with van der Waals surface area (Å²) in [5.74, 6) is 1.89. The van der Waals surface area contributed by atoms with Crippen molar-refractivity contribution < 1.29 is 4.74 Å². The summed E-state index contributed by atoms with van der Waals surface area (Å²) >= 11 is 5.16. The van der Waals surface area contributed by atoms with E-state index in [9.17, 15) is 0 Å². The second-order valence-corrected chi connectivity index (χ2v) is 4.95. The monoisotopic (exact) mass is 286 g/mol. The number of nitrogens with zero attached hydrogens (tertiary/aromatic N) is 1. The van der Waals surface area contributed by atoms with Crippen molar-refractivity contribution in [2.24, 2.45) is 4.99 Å². The minimum Gasteiger partial charge on any atom is -0.495 e. The van der Waals surface area contributed by atoms with Crippen molar-refractivity contribution >= 4 is 38.5 Å². The molecule has 1 aromatic carbocycles. The number of benzene rings is 1. The molecule has 0 atom stereocenters. The molecule has 0 saturated heterocycles. The molecule has 1 N–H and O–H groups in total. The van der Waals surface area contributed by atoms with Crippen molar-refractivity contribution in [2.45, 2.75) is 0 Å². The van der Waals surface area contributed by atoms with Gasteiger partial charge in [0.1, 0.15) is 5.75 Å². The molecule has 0 aliphatic carbocycles. The van der Waals surface area contributed by atoms with Gasteiger partial charge in [0.15, 0.2) is 5.17 Å². The number of amidine groups is 1. The van der Waals surface area contributed by atoms with E-state index in [1.165, 1.54) is 0 Å². The molecule has 5 heteroatoms. The first-order chi connectivity index (χ1) is 7.29. The molecule has 0 aromatic heterocycles. The molecule has 15 heavy (non-hydrogen) atoms. The number of ether oxygens (including phenoxy) is 1.